The zero-order valence-electron chi connectivity index (χ0n) is 21.2. The van der Waals surface area contributed by atoms with Gasteiger partial charge >= 0.3 is 0 Å². The summed E-state index contributed by atoms with van der Waals surface area (Å²) in [6, 6.07) is 8.39. The first kappa shape index (κ1) is 27.2. The van der Waals surface area contributed by atoms with Gasteiger partial charge in [0.25, 0.3) is 0 Å². The number of likely N-dealkylation sites (tertiary alicyclic amines) is 1. The number of ether oxygens (including phenoxy) is 1. The van der Waals surface area contributed by atoms with Crippen LogP contribution in [0.5, 0.6) is 5.75 Å². The molecule has 2 N–H and O–H groups in total. The van der Waals surface area contributed by atoms with Gasteiger partial charge in [-0.25, -0.2) is 8.78 Å². The summed E-state index contributed by atoms with van der Waals surface area (Å²) in [7, 11) is 0. The Morgan fingerprint density at radius 3 is 2.83 bits per heavy atom. The van der Waals surface area contributed by atoms with Crippen LogP contribution in [-0.4, -0.2) is 66.4 Å². The highest BCUT2D eigenvalue weighted by atomic mass is 35.5. The second kappa shape index (κ2) is 11.4. The Kier molecular flexibility index (Phi) is 7.74. The lowest BCUT2D eigenvalue weighted by Crippen LogP contribution is -2.46. The summed E-state index contributed by atoms with van der Waals surface area (Å²) >= 11 is 5.80. The molecule has 0 spiro atoms. The van der Waals surface area contributed by atoms with Crippen molar-refractivity contribution in [3.05, 3.63) is 70.4 Å². The highest BCUT2D eigenvalue weighted by Crippen LogP contribution is 2.28. The first-order valence-electron chi connectivity index (χ1n) is 12.3. The molecule has 1 aliphatic heterocycles. The summed E-state index contributed by atoms with van der Waals surface area (Å²) in [5.74, 6) is -1.20. The van der Waals surface area contributed by atoms with Crippen LogP contribution < -0.4 is 10.1 Å². The van der Waals surface area contributed by atoms with Crippen molar-refractivity contribution in [1.29, 1.82) is 0 Å². The van der Waals surface area contributed by atoms with Crippen molar-refractivity contribution in [2.75, 3.05) is 6.54 Å². The summed E-state index contributed by atoms with van der Waals surface area (Å²) in [5, 5.41) is 16.6. The summed E-state index contributed by atoms with van der Waals surface area (Å²) in [4.78, 5) is 39.8. The zero-order valence-corrected chi connectivity index (χ0v) is 22.0. The Morgan fingerprint density at radius 1 is 1.25 bits per heavy atom. The van der Waals surface area contributed by atoms with Crippen molar-refractivity contribution >= 4 is 40.1 Å². The minimum absolute atomic E-state index is 0.0444. The van der Waals surface area contributed by atoms with Crippen LogP contribution in [-0.2, 0) is 29.3 Å². The number of nitrogens with one attached hydrogen (secondary N) is 2. The van der Waals surface area contributed by atoms with Gasteiger partial charge in [0.2, 0.25) is 17.6 Å². The van der Waals surface area contributed by atoms with E-state index in [0.29, 0.717) is 28.0 Å². The molecule has 2 aromatic heterocycles. The smallest absolute Gasteiger partial charge is 0.243 e. The zero-order chi connectivity index (χ0) is 28.4. The molecule has 4 aromatic rings. The number of hydrogen-bond acceptors (Lipinski definition) is 7. The molecule has 1 saturated heterocycles. The molecule has 5 rings (SSSR count). The van der Waals surface area contributed by atoms with E-state index in [9.17, 15) is 23.2 Å². The number of aromatic amines is 1. The first-order valence-corrected chi connectivity index (χ1v) is 12.7. The Hall–Kier alpha value is -4.39. The molecule has 40 heavy (non-hydrogen) atoms. The first-order chi connectivity index (χ1) is 19.2. The lowest BCUT2D eigenvalue weighted by atomic mass is 10.1. The highest BCUT2D eigenvalue weighted by Gasteiger charge is 2.39. The molecular formula is C26H24ClF2N7O4. The van der Waals surface area contributed by atoms with Crippen LogP contribution in [0.1, 0.15) is 35.1 Å². The SMILES string of the molecule is CC(=O)c1cn(CC(=O)N2C[C@H](F)C[C@H]2C(=O)NCc2cccc(Cl)c2F)c2cc(OCc3nn[nH]n3)ccc12. The highest BCUT2D eigenvalue weighted by molar-refractivity contribution is 6.30. The van der Waals surface area contributed by atoms with E-state index in [1.165, 1.54) is 24.0 Å². The van der Waals surface area contributed by atoms with Crippen LogP contribution in [0.15, 0.2) is 42.6 Å². The maximum atomic E-state index is 14.4. The van der Waals surface area contributed by atoms with Crippen LogP contribution >= 0.6 is 11.6 Å². The molecule has 0 aliphatic carbocycles. The number of hydrogen-bond donors (Lipinski definition) is 2. The van der Waals surface area contributed by atoms with Crippen molar-refractivity contribution < 1.29 is 27.9 Å². The number of nitrogens with zero attached hydrogens (tertiary/aromatic N) is 5. The van der Waals surface area contributed by atoms with Crippen LogP contribution in [0.2, 0.25) is 5.02 Å². The van der Waals surface area contributed by atoms with Gasteiger partial charge in [-0.1, -0.05) is 28.9 Å². The van der Waals surface area contributed by atoms with E-state index in [4.69, 9.17) is 16.3 Å². The van der Waals surface area contributed by atoms with Crippen LogP contribution in [0.3, 0.4) is 0 Å². The number of aromatic nitrogens is 5. The van der Waals surface area contributed by atoms with E-state index < -0.39 is 29.8 Å². The molecule has 14 heteroatoms. The fourth-order valence-electron chi connectivity index (χ4n) is 4.70. The number of H-pyrrole nitrogens is 1. The predicted molar refractivity (Wildman–Crippen MR) is 139 cm³/mol. The standard InChI is InChI=1S/C26H24ClF2N7O4/c1-14(37)19-11-35(21-8-17(5-6-18(19)21)40-13-23-31-33-34-32-23)12-24(38)36-10-16(28)7-22(36)26(39)30-9-15-3-2-4-20(27)25(15)29/h2-6,8,11,16,22H,7,9-10,12-13H2,1H3,(H,30,39)(H,31,32,33,34)/t16-,22+/m1/s1. The second-order valence-corrected chi connectivity index (χ2v) is 9.76. The van der Waals surface area contributed by atoms with E-state index >= 15 is 0 Å². The fraction of sp³-hybridized carbons (Fsp3) is 0.308. The summed E-state index contributed by atoms with van der Waals surface area (Å²) in [6.07, 6.45) is -0.0372. The molecule has 2 atom stereocenters. The van der Waals surface area contributed by atoms with E-state index in [1.807, 2.05) is 0 Å². The Balaban J connectivity index is 1.33. The molecule has 2 aromatic carbocycles. The van der Waals surface area contributed by atoms with Crippen molar-refractivity contribution in [1.82, 2.24) is 35.4 Å². The van der Waals surface area contributed by atoms with Gasteiger partial charge in [0.05, 0.1) is 17.1 Å². The molecule has 0 unspecified atom stereocenters. The number of alkyl halides is 1. The lowest BCUT2D eigenvalue weighted by molar-refractivity contribution is -0.139. The topological polar surface area (TPSA) is 135 Å². The van der Waals surface area contributed by atoms with Crippen molar-refractivity contribution in [2.24, 2.45) is 0 Å². The van der Waals surface area contributed by atoms with Crippen molar-refractivity contribution in [3.63, 3.8) is 0 Å². The van der Waals surface area contributed by atoms with Gasteiger partial charge in [0.1, 0.15) is 30.3 Å². The van der Waals surface area contributed by atoms with Crippen molar-refractivity contribution in [2.45, 2.75) is 45.3 Å². The average Bonchev–Trinajstić information content (AvgIpc) is 3.67. The minimum atomic E-state index is -1.40. The molecule has 11 nitrogen and oxygen atoms in total. The number of tetrazole rings is 1. The molecular weight excluding hydrogens is 548 g/mol. The monoisotopic (exact) mass is 571 g/mol. The molecule has 1 aliphatic rings. The van der Waals surface area contributed by atoms with Crippen molar-refractivity contribution in [3.8, 4) is 5.75 Å². The van der Waals surface area contributed by atoms with E-state index in [-0.39, 0.29) is 49.0 Å². The minimum Gasteiger partial charge on any atom is -0.485 e. The fourth-order valence-corrected chi connectivity index (χ4v) is 4.89. The number of amides is 2. The molecule has 208 valence electrons. The Bertz CT molecular complexity index is 1580. The van der Waals surface area contributed by atoms with Gasteiger partial charge in [-0.3, -0.25) is 14.4 Å². The Morgan fingerprint density at radius 2 is 2.08 bits per heavy atom. The van der Waals surface area contributed by atoms with Crippen LogP contribution in [0.25, 0.3) is 10.9 Å². The van der Waals surface area contributed by atoms with Crippen LogP contribution in [0, 0.1) is 5.82 Å². The third kappa shape index (κ3) is 5.64. The molecule has 0 saturated carbocycles. The number of fused-ring (bicyclic) bond motifs is 1. The van der Waals surface area contributed by atoms with E-state index in [1.54, 1.807) is 35.0 Å². The van der Waals surface area contributed by atoms with E-state index in [2.05, 4.69) is 25.9 Å². The normalized spacial score (nSPS) is 16.9. The third-order valence-corrected chi connectivity index (χ3v) is 6.95. The van der Waals surface area contributed by atoms with Gasteiger partial charge in [-0.15, -0.1) is 10.2 Å². The molecule has 2 amide bonds. The predicted octanol–water partition coefficient (Wildman–Crippen LogP) is 2.98. The molecule has 3 heterocycles. The summed E-state index contributed by atoms with van der Waals surface area (Å²) in [5.41, 5.74) is 1.11. The van der Waals surface area contributed by atoms with Gasteiger partial charge in [-0.05, 0) is 25.1 Å². The number of benzene rings is 2. The number of Topliss-reactive ketones (excluding diaryl/α,β-unsaturated/α-hetero) is 1. The van der Waals surface area contributed by atoms with Gasteiger partial charge in [0.15, 0.2) is 12.4 Å². The number of halogens is 3. The molecule has 0 radical (unpaired) electrons. The lowest BCUT2D eigenvalue weighted by Gasteiger charge is -2.24. The second-order valence-electron chi connectivity index (χ2n) is 9.35. The average molecular weight is 572 g/mol. The maximum absolute atomic E-state index is 14.4. The number of carbonyl (C=O) groups is 3. The maximum Gasteiger partial charge on any atom is 0.243 e. The Labute approximate surface area is 231 Å². The number of ketones is 1. The van der Waals surface area contributed by atoms with E-state index in [0.717, 1.165) is 0 Å². The summed E-state index contributed by atoms with van der Waals surface area (Å²) in [6.45, 7) is 0.775. The largest absolute Gasteiger partial charge is 0.485 e. The van der Waals surface area contributed by atoms with Gasteiger partial charge in [-0.2, -0.15) is 5.21 Å². The van der Waals surface area contributed by atoms with Gasteiger partial charge < -0.3 is 19.5 Å². The van der Waals surface area contributed by atoms with Crippen LogP contribution in [0.4, 0.5) is 8.78 Å². The number of carbonyl (C=O) groups excluding carboxylic acids is 3. The quantitative estimate of drug-likeness (QED) is 0.295. The van der Waals surface area contributed by atoms with Gasteiger partial charge in [0, 0.05) is 41.7 Å². The molecule has 1 fully saturated rings. The number of rotatable bonds is 9. The summed E-state index contributed by atoms with van der Waals surface area (Å²) < 4.78 is 35.9. The third-order valence-electron chi connectivity index (χ3n) is 6.65. The molecule has 0 bridgehead atoms.